The lowest BCUT2D eigenvalue weighted by Crippen LogP contribution is -2.34. The summed E-state index contributed by atoms with van der Waals surface area (Å²) in [6.45, 7) is 1.46. The predicted molar refractivity (Wildman–Crippen MR) is 94.9 cm³/mol. The van der Waals surface area contributed by atoms with Gasteiger partial charge in [0.05, 0.1) is 11.6 Å². The van der Waals surface area contributed by atoms with Crippen molar-refractivity contribution in [2.45, 2.75) is 25.5 Å². The van der Waals surface area contributed by atoms with E-state index in [1.807, 2.05) is 39.3 Å². The van der Waals surface area contributed by atoms with Crippen LogP contribution in [0.15, 0.2) is 30.6 Å². The molecule has 0 bridgehead atoms. The Morgan fingerprint density at radius 1 is 1.40 bits per heavy atom. The summed E-state index contributed by atoms with van der Waals surface area (Å²) in [5.74, 6) is 0.280. The molecule has 25 heavy (non-hydrogen) atoms. The first-order chi connectivity index (χ1) is 12.0. The molecular weight excluding hydrogens is 318 g/mol. The number of nitrogens with zero attached hydrogens (tertiary/aromatic N) is 4. The molecule has 1 aliphatic rings. The molecule has 1 fully saturated rings. The molecule has 1 aliphatic heterocycles. The molecule has 134 valence electrons. The molecule has 3 rings (SSSR count). The Balaban J connectivity index is 1.74. The van der Waals surface area contributed by atoms with Crippen LogP contribution in [-0.4, -0.2) is 46.3 Å². The number of anilines is 1. The van der Waals surface area contributed by atoms with Crippen LogP contribution in [0.1, 0.15) is 30.2 Å². The van der Waals surface area contributed by atoms with Crippen LogP contribution in [0.5, 0.6) is 0 Å². The fourth-order valence-electron chi connectivity index (χ4n) is 3.23. The van der Waals surface area contributed by atoms with Crippen molar-refractivity contribution >= 4 is 11.7 Å². The average molecular weight is 343 g/mol. The molecule has 0 aliphatic carbocycles. The number of ether oxygens (including phenoxy) is 1. The Kier molecular flexibility index (Phi) is 5.45. The standard InChI is InChI=1S/C18H25N5O2/c1-22(2)12-13-6-8-19-16(11-13)21-18(24)14-5-4-10-25-17(14)15-7-9-20-23(15)3/h6-9,11,14,17H,4-5,10,12H2,1-3H3,(H,19,21,24)/t14-,17-/m1/s1. The number of nitrogens with one attached hydrogen (secondary N) is 1. The van der Waals surface area contributed by atoms with Crippen LogP contribution in [0.3, 0.4) is 0 Å². The minimum absolute atomic E-state index is 0.0552. The summed E-state index contributed by atoms with van der Waals surface area (Å²) in [7, 11) is 5.89. The molecule has 1 amide bonds. The van der Waals surface area contributed by atoms with Crippen LogP contribution in [0.4, 0.5) is 5.82 Å². The highest BCUT2D eigenvalue weighted by atomic mass is 16.5. The summed E-state index contributed by atoms with van der Waals surface area (Å²) in [5, 5.41) is 7.16. The fourth-order valence-corrected chi connectivity index (χ4v) is 3.23. The first-order valence-corrected chi connectivity index (χ1v) is 8.54. The van der Waals surface area contributed by atoms with Crippen molar-refractivity contribution in [2.24, 2.45) is 13.0 Å². The van der Waals surface area contributed by atoms with Gasteiger partial charge in [-0.3, -0.25) is 9.48 Å². The molecule has 1 N–H and O–H groups in total. The number of carbonyl (C=O) groups excluding carboxylic acids is 1. The summed E-state index contributed by atoms with van der Waals surface area (Å²) >= 11 is 0. The van der Waals surface area contributed by atoms with E-state index in [0.29, 0.717) is 12.4 Å². The molecule has 3 heterocycles. The summed E-state index contributed by atoms with van der Waals surface area (Å²) in [6.07, 6.45) is 4.85. The molecule has 0 unspecified atom stereocenters. The van der Waals surface area contributed by atoms with Crippen LogP contribution in [0.25, 0.3) is 0 Å². The van der Waals surface area contributed by atoms with Gasteiger partial charge < -0.3 is 15.0 Å². The SMILES string of the molecule is CN(C)Cc1ccnc(NC(=O)[C@@H]2CCCO[C@H]2c2ccnn2C)c1. The van der Waals surface area contributed by atoms with Gasteiger partial charge in [0.15, 0.2) is 0 Å². The lowest BCUT2D eigenvalue weighted by Gasteiger charge is -2.30. The van der Waals surface area contributed by atoms with Crippen molar-refractivity contribution in [2.75, 3.05) is 26.0 Å². The molecule has 1 saturated heterocycles. The Hall–Kier alpha value is -2.25. The van der Waals surface area contributed by atoms with E-state index in [1.165, 1.54) is 0 Å². The zero-order valence-corrected chi connectivity index (χ0v) is 15.0. The van der Waals surface area contributed by atoms with E-state index in [-0.39, 0.29) is 17.9 Å². The van der Waals surface area contributed by atoms with Gasteiger partial charge in [-0.15, -0.1) is 0 Å². The number of hydrogen-bond acceptors (Lipinski definition) is 5. The summed E-state index contributed by atoms with van der Waals surface area (Å²) < 4.78 is 7.67. The Labute approximate surface area is 148 Å². The topological polar surface area (TPSA) is 72.3 Å². The van der Waals surface area contributed by atoms with E-state index in [1.54, 1.807) is 17.1 Å². The van der Waals surface area contributed by atoms with Gasteiger partial charge >= 0.3 is 0 Å². The lowest BCUT2D eigenvalue weighted by molar-refractivity contribution is -0.129. The number of aryl methyl sites for hydroxylation is 1. The van der Waals surface area contributed by atoms with Gasteiger partial charge in [0.2, 0.25) is 5.91 Å². The van der Waals surface area contributed by atoms with E-state index in [2.05, 4.69) is 20.3 Å². The third-order valence-electron chi connectivity index (χ3n) is 4.38. The molecule has 0 saturated carbocycles. The largest absolute Gasteiger partial charge is 0.371 e. The number of hydrogen-bond donors (Lipinski definition) is 1. The van der Waals surface area contributed by atoms with Crippen molar-refractivity contribution < 1.29 is 9.53 Å². The smallest absolute Gasteiger partial charge is 0.231 e. The van der Waals surface area contributed by atoms with E-state index in [4.69, 9.17) is 4.74 Å². The molecule has 7 nitrogen and oxygen atoms in total. The van der Waals surface area contributed by atoms with E-state index >= 15 is 0 Å². The second kappa shape index (κ2) is 7.76. The van der Waals surface area contributed by atoms with Gasteiger partial charge in [-0.1, -0.05) is 0 Å². The maximum absolute atomic E-state index is 12.8. The maximum Gasteiger partial charge on any atom is 0.231 e. The fraction of sp³-hybridized carbons (Fsp3) is 0.500. The van der Waals surface area contributed by atoms with Gasteiger partial charge in [0, 0.05) is 32.6 Å². The number of rotatable bonds is 5. The zero-order valence-electron chi connectivity index (χ0n) is 15.0. The quantitative estimate of drug-likeness (QED) is 0.899. The zero-order chi connectivity index (χ0) is 17.8. The third-order valence-corrected chi connectivity index (χ3v) is 4.38. The van der Waals surface area contributed by atoms with Crippen LogP contribution < -0.4 is 5.32 Å². The van der Waals surface area contributed by atoms with Crippen molar-refractivity contribution in [3.63, 3.8) is 0 Å². The first-order valence-electron chi connectivity index (χ1n) is 8.54. The van der Waals surface area contributed by atoms with Crippen LogP contribution >= 0.6 is 0 Å². The molecular formula is C18H25N5O2. The van der Waals surface area contributed by atoms with Gasteiger partial charge in [-0.05, 0) is 50.7 Å². The summed E-state index contributed by atoms with van der Waals surface area (Å²) in [6, 6.07) is 5.78. The number of aromatic nitrogens is 3. The van der Waals surface area contributed by atoms with Gasteiger partial charge in [-0.25, -0.2) is 4.98 Å². The van der Waals surface area contributed by atoms with Crippen LogP contribution in [-0.2, 0) is 23.1 Å². The number of amides is 1. The van der Waals surface area contributed by atoms with Crippen molar-refractivity contribution in [3.05, 3.63) is 41.9 Å². The van der Waals surface area contributed by atoms with Crippen molar-refractivity contribution in [1.29, 1.82) is 0 Å². The third kappa shape index (κ3) is 4.24. The van der Waals surface area contributed by atoms with Gasteiger partial charge in [0.25, 0.3) is 0 Å². The average Bonchev–Trinajstić information content (AvgIpc) is 3.00. The summed E-state index contributed by atoms with van der Waals surface area (Å²) in [4.78, 5) is 19.2. The van der Waals surface area contributed by atoms with Gasteiger partial charge in [0.1, 0.15) is 11.9 Å². The Morgan fingerprint density at radius 3 is 2.96 bits per heavy atom. The minimum atomic E-state index is -0.272. The number of carbonyl (C=O) groups is 1. The Bertz CT molecular complexity index is 728. The molecule has 0 radical (unpaired) electrons. The van der Waals surface area contributed by atoms with Crippen molar-refractivity contribution in [3.8, 4) is 0 Å². The van der Waals surface area contributed by atoms with Crippen LogP contribution in [0.2, 0.25) is 0 Å². The monoisotopic (exact) mass is 343 g/mol. The Morgan fingerprint density at radius 2 is 2.24 bits per heavy atom. The summed E-state index contributed by atoms with van der Waals surface area (Å²) in [5.41, 5.74) is 2.03. The van der Waals surface area contributed by atoms with E-state index < -0.39 is 0 Å². The highest BCUT2D eigenvalue weighted by Gasteiger charge is 2.34. The second-order valence-electron chi connectivity index (χ2n) is 6.70. The molecule has 0 spiro atoms. The molecule has 2 aromatic rings. The number of pyridine rings is 1. The first kappa shape index (κ1) is 17.6. The lowest BCUT2D eigenvalue weighted by atomic mass is 9.91. The predicted octanol–water partition coefficient (Wildman–Crippen LogP) is 1.98. The van der Waals surface area contributed by atoms with Crippen molar-refractivity contribution in [1.82, 2.24) is 19.7 Å². The second-order valence-corrected chi connectivity index (χ2v) is 6.70. The maximum atomic E-state index is 12.8. The minimum Gasteiger partial charge on any atom is -0.371 e. The molecule has 2 aromatic heterocycles. The molecule has 2 atom stereocenters. The molecule has 7 heteroatoms. The highest BCUT2D eigenvalue weighted by molar-refractivity contribution is 5.92. The van der Waals surface area contributed by atoms with E-state index in [9.17, 15) is 4.79 Å². The highest BCUT2D eigenvalue weighted by Crippen LogP contribution is 2.34. The van der Waals surface area contributed by atoms with Gasteiger partial charge in [-0.2, -0.15) is 5.10 Å². The van der Waals surface area contributed by atoms with Crippen LogP contribution in [0, 0.1) is 5.92 Å². The normalized spacial score (nSPS) is 20.6. The molecule has 0 aromatic carbocycles. The van der Waals surface area contributed by atoms with E-state index in [0.717, 1.165) is 30.6 Å².